The second-order valence-corrected chi connectivity index (χ2v) is 6.85. The second-order valence-electron chi connectivity index (χ2n) is 4.20. The van der Waals surface area contributed by atoms with Crippen molar-refractivity contribution < 1.29 is 8.42 Å². The summed E-state index contributed by atoms with van der Waals surface area (Å²) >= 11 is 1.67. The standard InChI is InChI=1S/C13H11NO2S2/c14-18(15,16)11-5-6-13-10(8-11)7-9-3-1-2-4-12(9)17-13/h1-6,8H,7H2,(H2,14,15,16). The second kappa shape index (κ2) is 4.12. The van der Waals surface area contributed by atoms with E-state index in [1.807, 2.05) is 18.2 Å². The minimum atomic E-state index is -3.62. The third-order valence-electron chi connectivity index (χ3n) is 2.93. The third kappa shape index (κ3) is 2.05. The number of primary sulfonamides is 1. The van der Waals surface area contributed by atoms with Gasteiger partial charge in [0, 0.05) is 9.79 Å². The maximum absolute atomic E-state index is 11.3. The summed E-state index contributed by atoms with van der Waals surface area (Å²) in [5.41, 5.74) is 2.24. The molecule has 1 aliphatic heterocycles. The average Bonchev–Trinajstić information content (AvgIpc) is 2.34. The van der Waals surface area contributed by atoms with Gasteiger partial charge in [0.25, 0.3) is 0 Å². The first-order chi connectivity index (χ1) is 8.54. The zero-order valence-electron chi connectivity index (χ0n) is 9.46. The quantitative estimate of drug-likeness (QED) is 0.743. The van der Waals surface area contributed by atoms with Crippen molar-refractivity contribution in [3.8, 4) is 0 Å². The lowest BCUT2D eigenvalue weighted by atomic mass is 10.0. The predicted octanol–water partition coefficient (Wildman–Crippen LogP) is 2.39. The Balaban J connectivity index is 2.09. The SMILES string of the molecule is NS(=O)(=O)c1ccc2c(c1)Cc1ccccc1S2. The molecule has 2 aromatic carbocycles. The molecule has 1 aliphatic rings. The van der Waals surface area contributed by atoms with Crippen molar-refractivity contribution in [3.63, 3.8) is 0 Å². The first-order valence-electron chi connectivity index (χ1n) is 5.45. The van der Waals surface area contributed by atoms with Crippen LogP contribution in [0.4, 0.5) is 0 Å². The van der Waals surface area contributed by atoms with E-state index >= 15 is 0 Å². The molecule has 92 valence electrons. The molecule has 18 heavy (non-hydrogen) atoms. The molecular formula is C13H11NO2S2. The van der Waals surface area contributed by atoms with Crippen molar-refractivity contribution in [3.05, 3.63) is 53.6 Å². The Bertz CT molecular complexity index is 724. The van der Waals surface area contributed by atoms with Gasteiger partial charge in [0.05, 0.1) is 4.90 Å². The molecule has 0 radical (unpaired) electrons. The summed E-state index contributed by atoms with van der Waals surface area (Å²) in [4.78, 5) is 2.51. The lowest BCUT2D eigenvalue weighted by Gasteiger charge is -2.19. The van der Waals surface area contributed by atoms with Crippen molar-refractivity contribution in [1.29, 1.82) is 0 Å². The molecule has 0 atom stereocenters. The minimum Gasteiger partial charge on any atom is -0.225 e. The Kier molecular flexibility index (Phi) is 2.69. The van der Waals surface area contributed by atoms with Crippen LogP contribution < -0.4 is 5.14 Å². The van der Waals surface area contributed by atoms with Crippen molar-refractivity contribution in [2.24, 2.45) is 5.14 Å². The first-order valence-corrected chi connectivity index (χ1v) is 7.82. The van der Waals surface area contributed by atoms with E-state index in [0.29, 0.717) is 0 Å². The maximum Gasteiger partial charge on any atom is 0.238 e. The zero-order chi connectivity index (χ0) is 12.8. The number of hydrogen-bond acceptors (Lipinski definition) is 3. The summed E-state index contributed by atoms with van der Waals surface area (Å²) < 4.78 is 22.7. The molecule has 0 unspecified atom stereocenters. The van der Waals surface area contributed by atoms with Gasteiger partial charge >= 0.3 is 0 Å². The topological polar surface area (TPSA) is 60.2 Å². The summed E-state index contributed by atoms with van der Waals surface area (Å²) in [7, 11) is -3.62. The van der Waals surface area contributed by atoms with Crippen molar-refractivity contribution in [2.45, 2.75) is 21.1 Å². The fourth-order valence-corrected chi connectivity index (χ4v) is 3.66. The number of hydrogen-bond donors (Lipinski definition) is 1. The molecule has 1 heterocycles. The molecule has 2 aromatic rings. The molecule has 2 N–H and O–H groups in total. The number of fused-ring (bicyclic) bond motifs is 2. The molecule has 0 saturated carbocycles. The summed E-state index contributed by atoms with van der Waals surface area (Å²) in [6.07, 6.45) is 0.752. The maximum atomic E-state index is 11.3. The fraction of sp³-hybridized carbons (Fsp3) is 0.0769. The minimum absolute atomic E-state index is 0.182. The molecule has 5 heteroatoms. The van der Waals surface area contributed by atoms with E-state index in [1.54, 1.807) is 23.9 Å². The molecular weight excluding hydrogens is 266 g/mol. The van der Waals surface area contributed by atoms with Gasteiger partial charge in [-0.25, -0.2) is 13.6 Å². The lowest BCUT2D eigenvalue weighted by molar-refractivity contribution is 0.597. The van der Waals surface area contributed by atoms with Gasteiger partial charge in [-0.3, -0.25) is 0 Å². The van der Waals surface area contributed by atoms with Crippen LogP contribution in [0.1, 0.15) is 11.1 Å². The van der Waals surface area contributed by atoms with Crippen LogP contribution in [0.15, 0.2) is 57.2 Å². The first kappa shape index (κ1) is 11.8. The van der Waals surface area contributed by atoms with Crippen LogP contribution in [0.5, 0.6) is 0 Å². The van der Waals surface area contributed by atoms with E-state index in [-0.39, 0.29) is 4.90 Å². The highest BCUT2D eigenvalue weighted by Gasteiger charge is 2.18. The van der Waals surface area contributed by atoms with E-state index in [9.17, 15) is 8.42 Å². The number of rotatable bonds is 1. The monoisotopic (exact) mass is 277 g/mol. The van der Waals surface area contributed by atoms with Crippen LogP contribution in [0, 0.1) is 0 Å². The molecule has 0 aromatic heterocycles. The summed E-state index contributed by atoms with van der Waals surface area (Å²) in [6.45, 7) is 0. The largest absolute Gasteiger partial charge is 0.238 e. The van der Waals surface area contributed by atoms with Gasteiger partial charge in [0.1, 0.15) is 0 Å². The molecule has 0 saturated heterocycles. The highest BCUT2D eigenvalue weighted by molar-refractivity contribution is 7.99. The van der Waals surface area contributed by atoms with Crippen LogP contribution in [0.25, 0.3) is 0 Å². The summed E-state index contributed by atoms with van der Waals surface area (Å²) in [5.74, 6) is 0. The zero-order valence-corrected chi connectivity index (χ0v) is 11.1. The van der Waals surface area contributed by atoms with E-state index < -0.39 is 10.0 Å². The molecule has 3 nitrogen and oxygen atoms in total. The lowest BCUT2D eigenvalue weighted by Crippen LogP contribution is -2.13. The third-order valence-corrected chi connectivity index (χ3v) is 5.08. The van der Waals surface area contributed by atoms with Crippen molar-refractivity contribution in [1.82, 2.24) is 0 Å². The molecule has 0 aliphatic carbocycles. The van der Waals surface area contributed by atoms with Gasteiger partial charge in [0.15, 0.2) is 0 Å². The van der Waals surface area contributed by atoms with E-state index in [2.05, 4.69) is 12.1 Å². The summed E-state index contributed by atoms with van der Waals surface area (Å²) in [6, 6.07) is 13.2. The highest BCUT2D eigenvalue weighted by Crippen LogP contribution is 2.39. The van der Waals surface area contributed by atoms with Crippen LogP contribution >= 0.6 is 11.8 Å². The Morgan fingerprint density at radius 3 is 2.50 bits per heavy atom. The van der Waals surface area contributed by atoms with Crippen LogP contribution in [0.3, 0.4) is 0 Å². The van der Waals surface area contributed by atoms with Gasteiger partial charge in [-0.1, -0.05) is 30.0 Å². The Morgan fingerprint density at radius 2 is 1.72 bits per heavy atom. The van der Waals surface area contributed by atoms with Gasteiger partial charge in [-0.15, -0.1) is 0 Å². The predicted molar refractivity (Wildman–Crippen MR) is 71.2 cm³/mol. The molecule has 0 fully saturated rings. The highest BCUT2D eigenvalue weighted by atomic mass is 32.2. The molecule has 3 rings (SSSR count). The van der Waals surface area contributed by atoms with Gasteiger partial charge in [-0.05, 0) is 41.8 Å². The van der Waals surface area contributed by atoms with Gasteiger partial charge in [-0.2, -0.15) is 0 Å². The van der Waals surface area contributed by atoms with Crippen molar-refractivity contribution >= 4 is 21.8 Å². The number of nitrogens with two attached hydrogens (primary N) is 1. The van der Waals surface area contributed by atoms with Gasteiger partial charge in [0.2, 0.25) is 10.0 Å². The Morgan fingerprint density at radius 1 is 1.00 bits per heavy atom. The van der Waals surface area contributed by atoms with E-state index in [0.717, 1.165) is 16.9 Å². The van der Waals surface area contributed by atoms with E-state index in [4.69, 9.17) is 5.14 Å². The smallest absolute Gasteiger partial charge is 0.225 e. The van der Waals surface area contributed by atoms with Crippen LogP contribution in [-0.2, 0) is 16.4 Å². The Labute approximate surface area is 110 Å². The molecule has 0 bridgehead atoms. The van der Waals surface area contributed by atoms with Gasteiger partial charge < -0.3 is 0 Å². The number of benzene rings is 2. The van der Waals surface area contributed by atoms with E-state index in [1.165, 1.54) is 10.5 Å². The number of sulfonamides is 1. The average molecular weight is 277 g/mol. The molecule has 0 spiro atoms. The Hall–Kier alpha value is -1.30. The van der Waals surface area contributed by atoms with Crippen LogP contribution in [0.2, 0.25) is 0 Å². The molecule has 0 amide bonds. The van der Waals surface area contributed by atoms with Crippen LogP contribution in [-0.4, -0.2) is 8.42 Å². The van der Waals surface area contributed by atoms with Crippen molar-refractivity contribution in [2.75, 3.05) is 0 Å². The normalized spacial score (nSPS) is 13.8. The summed E-state index contributed by atoms with van der Waals surface area (Å²) in [5, 5.41) is 5.15. The fourth-order valence-electron chi connectivity index (χ4n) is 2.04.